The van der Waals surface area contributed by atoms with Gasteiger partial charge in [-0.05, 0) is 24.6 Å². The predicted octanol–water partition coefficient (Wildman–Crippen LogP) is 1.81. The molecule has 0 radical (unpaired) electrons. The number of hydrazine groups is 2. The number of nitrogens with one attached hydrogen (secondary N) is 1. The van der Waals surface area contributed by atoms with E-state index in [2.05, 4.69) is 35.8 Å². The van der Waals surface area contributed by atoms with Gasteiger partial charge in [0.25, 0.3) is 0 Å². The maximum Gasteiger partial charge on any atom is 0.0991 e. The van der Waals surface area contributed by atoms with Gasteiger partial charge in [-0.15, -0.1) is 0 Å². The lowest BCUT2D eigenvalue weighted by atomic mass is 10.1. The Labute approximate surface area is 100.0 Å². The molecule has 0 spiro atoms. The SMILES string of the molecule is CC1=CN2NC(c3ccc(C#N)cc3)=CN2C1. The molecule has 2 aliphatic rings. The maximum atomic E-state index is 8.75. The molecule has 4 nitrogen and oxygen atoms in total. The van der Waals surface area contributed by atoms with Crippen molar-refractivity contribution in [1.82, 2.24) is 15.6 Å². The second-order valence-corrected chi connectivity index (χ2v) is 4.26. The maximum absolute atomic E-state index is 8.75. The number of benzene rings is 1. The zero-order valence-corrected chi connectivity index (χ0v) is 9.51. The standard InChI is InChI=1S/C13H12N4/c1-10-7-16-9-13(15-17(16)8-10)12-4-2-11(6-14)3-5-12/h2-5,8-9,15H,7H2,1H3. The van der Waals surface area contributed by atoms with Crippen LogP contribution in [0.15, 0.2) is 42.2 Å². The molecule has 0 fully saturated rings. The minimum Gasteiger partial charge on any atom is -0.278 e. The predicted molar refractivity (Wildman–Crippen MR) is 64.6 cm³/mol. The van der Waals surface area contributed by atoms with Gasteiger partial charge in [0.2, 0.25) is 0 Å². The van der Waals surface area contributed by atoms with Gasteiger partial charge in [-0.1, -0.05) is 12.1 Å². The van der Waals surface area contributed by atoms with E-state index in [0.717, 1.165) is 17.8 Å². The van der Waals surface area contributed by atoms with Gasteiger partial charge >= 0.3 is 0 Å². The van der Waals surface area contributed by atoms with Crippen LogP contribution in [0, 0.1) is 11.3 Å². The number of rotatable bonds is 1. The first-order valence-electron chi connectivity index (χ1n) is 5.48. The third kappa shape index (κ3) is 1.62. The highest BCUT2D eigenvalue weighted by molar-refractivity contribution is 5.65. The highest BCUT2D eigenvalue weighted by Crippen LogP contribution is 2.24. The lowest BCUT2D eigenvalue weighted by Gasteiger charge is -2.20. The molecule has 0 saturated heterocycles. The lowest BCUT2D eigenvalue weighted by Crippen LogP contribution is -2.33. The molecule has 4 heteroatoms. The number of fused-ring (bicyclic) bond motifs is 1. The van der Waals surface area contributed by atoms with Crippen molar-refractivity contribution in [3.63, 3.8) is 0 Å². The fourth-order valence-corrected chi connectivity index (χ4v) is 2.02. The van der Waals surface area contributed by atoms with Crippen LogP contribution < -0.4 is 5.43 Å². The fourth-order valence-electron chi connectivity index (χ4n) is 2.02. The van der Waals surface area contributed by atoms with Gasteiger partial charge in [0, 0.05) is 18.0 Å². The fraction of sp³-hybridized carbons (Fsp3) is 0.154. The first-order chi connectivity index (χ1) is 8.26. The van der Waals surface area contributed by atoms with Crippen LogP contribution in [0.5, 0.6) is 0 Å². The molecule has 0 saturated carbocycles. The summed E-state index contributed by atoms with van der Waals surface area (Å²) in [6, 6.07) is 9.69. The van der Waals surface area contributed by atoms with Gasteiger partial charge < -0.3 is 0 Å². The zero-order chi connectivity index (χ0) is 11.8. The number of nitriles is 1. The highest BCUT2D eigenvalue weighted by atomic mass is 15.8. The molecule has 1 aromatic carbocycles. The Kier molecular flexibility index (Phi) is 2.05. The molecule has 0 bridgehead atoms. The van der Waals surface area contributed by atoms with Gasteiger partial charge in [0.05, 0.1) is 23.9 Å². The van der Waals surface area contributed by atoms with E-state index in [0.29, 0.717) is 5.56 Å². The number of hydrogen-bond acceptors (Lipinski definition) is 4. The van der Waals surface area contributed by atoms with Crippen LogP contribution in [-0.2, 0) is 0 Å². The normalized spacial score (nSPS) is 17.2. The Balaban J connectivity index is 1.83. The average molecular weight is 224 g/mol. The summed E-state index contributed by atoms with van der Waals surface area (Å²) in [5, 5.41) is 12.8. The van der Waals surface area contributed by atoms with Crippen molar-refractivity contribution in [3.05, 3.63) is 53.4 Å². The summed E-state index contributed by atoms with van der Waals surface area (Å²) in [7, 11) is 0. The van der Waals surface area contributed by atoms with Crippen molar-refractivity contribution in [2.75, 3.05) is 6.54 Å². The Morgan fingerprint density at radius 3 is 2.65 bits per heavy atom. The summed E-state index contributed by atoms with van der Waals surface area (Å²) in [6.07, 6.45) is 4.15. The second kappa shape index (κ2) is 3.56. The quantitative estimate of drug-likeness (QED) is 0.790. The Hall–Kier alpha value is -2.41. The molecule has 2 aliphatic heterocycles. The summed E-state index contributed by atoms with van der Waals surface area (Å²) in [5.74, 6) is 0. The molecule has 2 heterocycles. The second-order valence-electron chi connectivity index (χ2n) is 4.26. The Morgan fingerprint density at radius 2 is 2.00 bits per heavy atom. The van der Waals surface area contributed by atoms with Crippen LogP contribution in [0.25, 0.3) is 5.70 Å². The first kappa shape index (κ1) is 9.79. The molecule has 1 N–H and O–H groups in total. The van der Waals surface area contributed by atoms with Crippen molar-refractivity contribution in [2.45, 2.75) is 6.92 Å². The minimum absolute atomic E-state index is 0.684. The van der Waals surface area contributed by atoms with Crippen LogP contribution in [0.3, 0.4) is 0 Å². The smallest absolute Gasteiger partial charge is 0.0991 e. The molecule has 0 aliphatic carbocycles. The molecule has 84 valence electrons. The third-order valence-corrected chi connectivity index (χ3v) is 2.87. The molecule has 3 rings (SSSR count). The van der Waals surface area contributed by atoms with E-state index in [4.69, 9.17) is 5.26 Å². The van der Waals surface area contributed by atoms with E-state index in [1.807, 2.05) is 29.4 Å². The van der Waals surface area contributed by atoms with Crippen molar-refractivity contribution >= 4 is 5.70 Å². The average Bonchev–Trinajstić information content (AvgIpc) is 2.86. The van der Waals surface area contributed by atoms with Crippen molar-refractivity contribution < 1.29 is 0 Å². The van der Waals surface area contributed by atoms with E-state index in [9.17, 15) is 0 Å². The van der Waals surface area contributed by atoms with Gasteiger partial charge in [-0.3, -0.25) is 10.4 Å². The van der Waals surface area contributed by atoms with Crippen LogP contribution >= 0.6 is 0 Å². The number of hydrogen-bond donors (Lipinski definition) is 1. The molecule has 0 unspecified atom stereocenters. The van der Waals surface area contributed by atoms with Crippen molar-refractivity contribution in [3.8, 4) is 6.07 Å². The van der Waals surface area contributed by atoms with Crippen molar-refractivity contribution in [2.24, 2.45) is 0 Å². The zero-order valence-electron chi connectivity index (χ0n) is 9.51. The molecule has 0 aromatic heterocycles. The van der Waals surface area contributed by atoms with E-state index in [-0.39, 0.29) is 0 Å². The molecule has 0 atom stereocenters. The minimum atomic E-state index is 0.684. The summed E-state index contributed by atoms with van der Waals surface area (Å²) in [5.41, 5.74) is 7.45. The summed E-state index contributed by atoms with van der Waals surface area (Å²) in [6.45, 7) is 3.03. The van der Waals surface area contributed by atoms with Gasteiger partial charge in [0.15, 0.2) is 0 Å². The summed E-state index contributed by atoms with van der Waals surface area (Å²) < 4.78 is 0. The Bertz CT molecular complexity index is 548. The van der Waals surface area contributed by atoms with E-state index in [1.165, 1.54) is 5.57 Å². The number of nitrogens with zero attached hydrogens (tertiary/aromatic N) is 3. The molecular formula is C13H12N4. The van der Waals surface area contributed by atoms with Crippen molar-refractivity contribution in [1.29, 1.82) is 5.26 Å². The molecule has 1 aromatic rings. The van der Waals surface area contributed by atoms with E-state index >= 15 is 0 Å². The molecular weight excluding hydrogens is 212 g/mol. The third-order valence-electron chi connectivity index (χ3n) is 2.87. The molecule has 17 heavy (non-hydrogen) atoms. The van der Waals surface area contributed by atoms with Gasteiger partial charge in [-0.25, -0.2) is 5.12 Å². The van der Waals surface area contributed by atoms with Crippen LogP contribution in [-0.4, -0.2) is 16.7 Å². The highest BCUT2D eigenvalue weighted by Gasteiger charge is 2.24. The topological polar surface area (TPSA) is 42.3 Å². The van der Waals surface area contributed by atoms with Crippen LogP contribution in [0.1, 0.15) is 18.1 Å². The Morgan fingerprint density at radius 1 is 1.24 bits per heavy atom. The van der Waals surface area contributed by atoms with E-state index < -0.39 is 0 Å². The monoisotopic (exact) mass is 224 g/mol. The largest absolute Gasteiger partial charge is 0.278 e. The van der Waals surface area contributed by atoms with Crippen LogP contribution in [0.4, 0.5) is 0 Å². The van der Waals surface area contributed by atoms with E-state index in [1.54, 1.807) is 0 Å². The molecule has 0 amide bonds. The van der Waals surface area contributed by atoms with Gasteiger partial charge in [0.1, 0.15) is 0 Å². The lowest BCUT2D eigenvalue weighted by molar-refractivity contribution is 0.0985. The first-order valence-corrected chi connectivity index (χ1v) is 5.48. The van der Waals surface area contributed by atoms with Gasteiger partial charge in [-0.2, -0.15) is 5.26 Å². The summed E-state index contributed by atoms with van der Waals surface area (Å²) >= 11 is 0. The van der Waals surface area contributed by atoms with Crippen LogP contribution in [0.2, 0.25) is 0 Å². The summed E-state index contributed by atoms with van der Waals surface area (Å²) in [4.78, 5) is 0.